The second-order valence-corrected chi connectivity index (χ2v) is 5.69. The van der Waals surface area contributed by atoms with Gasteiger partial charge in [-0.25, -0.2) is 20.8 Å². The highest BCUT2D eigenvalue weighted by atomic mass is 32.1. The van der Waals surface area contributed by atoms with Crippen LogP contribution >= 0.6 is 11.3 Å². The minimum Gasteiger partial charge on any atom is -0.353 e. The molecule has 0 amide bonds. The van der Waals surface area contributed by atoms with Gasteiger partial charge in [-0.1, -0.05) is 13.3 Å². The van der Waals surface area contributed by atoms with Crippen LogP contribution in [0, 0.1) is 6.92 Å². The molecule has 2 aromatic rings. The normalized spacial score (nSPS) is 10.6. The molecule has 2 aromatic heterocycles. The Morgan fingerprint density at radius 3 is 2.80 bits per heavy atom. The summed E-state index contributed by atoms with van der Waals surface area (Å²) in [6, 6.07) is 0. The Kier molecular flexibility index (Phi) is 4.86. The molecule has 2 rings (SSSR count). The summed E-state index contributed by atoms with van der Waals surface area (Å²) in [7, 11) is 2.01. The molecule has 0 saturated heterocycles. The van der Waals surface area contributed by atoms with Gasteiger partial charge >= 0.3 is 0 Å². The van der Waals surface area contributed by atoms with E-state index >= 15 is 0 Å². The zero-order chi connectivity index (χ0) is 14.5. The number of anilines is 2. The van der Waals surface area contributed by atoms with Crippen molar-refractivity contribution in [3.05, 3.63) is 28.0 Å². The number of nitrogen functional groups attached to an aromatic ring is 1. The lowest BCUT2D eigenvalue weighted by molar-refractivity contribution is 0.830. The van der Waals surface area contributed by atoms with Gasteiger partial charge < -0.3 is 10.3 Å². The van der Waals surface area contributed by atoms with Crippen molar-refractivity contribution in [1.82, 2.24) is 15.0 Å². The van der Waals surface area contributed by atoms with Gasteiger partial charge in [0, 0.05) is 18.0 Å². The molecule has 0 spiro atoms. The molecule has 0 radical (unpaired) electrons. The van der Waals surface area contributed by atoms with E-state index in [1.54, 1.807) is 11.3 Å². The van der Waals surface area contributed by atoms with Crippen molar-refractivity contribution in [2.75, 3.05) is 17.4 Å². The van der Waals surface area contributed by atoms with E-state index in [0.29, 0.717) is 5.82 Å². The van der Waals surface area contributed by atoms with E-state index in [-0.39, 0.29) is 0 Å². The first kappa shape index (κ1) is 14.7. The van der Waals surface area contributed by atoms with Crippen LogP contribution in [0.2, 0.25) is 0 Å². The molecule has 0 saturated carbocycles. The van der Waals surface area contributed by atoms with Crippen molar-refractivity contribution in [3.63, 3.8) is 0 Å². The highest BCUT2D eigenvalue weighted by Gasteiger charge is 2.14. The number of rotatable bonds is 6. The van der Waals surface area contributed by atoms with Crippen molar-refractivity contribution >= 4 is 23.0 Å². The SMILES string of the molecule is CCCc1c(NN)ncnc1N(C)Cc1csc(C)n1. The zero-order valence-corrected chi connectivity index (χ0v) is 12.9. The number of thiazole rings is 1. The quantitative estimate of drug-likeness (QED) is 0.627. The van der Waals surface area contributed by atoms with Gasteiger partial charge in [-0.05, 0) is 13.3 Å². The number of aromatic nitrogens is 3. The van der Waals surface area contributed by atoms with E-state index in [1.807, 2.05) is 14.0 Å². The first-order valence-corrected chi connectivity index (χ1v) is 7.46. The molecule has 0 aliphatic rings. The van der Waals surface area contributed by atoms with Crippen LogP contribution in [0.4, 0.5) is 11.6 Å². The van der Waals surface area contributed by atoms with Gasteiger partial charge in [0.25, 0.3) is 0 Å². The minimum atomic E-state index is 0.693. The Morgan fingerprint density at radius 2 is 2.20 bits per heavy atom. The molecule has 0 aliphatic carbocycles. The molecule has 0 aliphatic heterocycles. The van der Waals surface area contributed by atoms with Gasteiger partial charge in [0.2, 0.25) is 0 Å². The van der Waals surface area contributed by atoms with Gasteiger partial charge in [-0.2, -0.15) is 0 Å². The van der Waals surface area contributed by atoms with Crippen molar-refractivity contribution in [3.8, 4) is 0 Å². The Bertz CT molecular complexity index is 568. The summed E-state index contributed by atoms with van der Waals surface area (Å²) in [6.45, 7) is 4.86. The van der Waals surface area contributed by atoms with Crippen molar-refractivity contribution in [2.24, 2.45) is 5.84 Å². The van der Waals surface area contributed by atoms with E-state index in [9.17, 15) is 0 Å². The van der Waals surface area contributed by atoms with Gasteiger partial charge in [-0.3, -0.25) is 0 Å². The number of hydrogen-bond donors (Lipinski definition) is 2. The zero-order valence-electron chi connectivity index (χ0n) is 12.1. The first-order valence-electron chi connectivity index (χ1n) is 6.58. The fraction of sp³-hybridized carbons (Fsp3) is 0.462. The highest BCUT2D eigenvalue weighted by Crippen LogP contribution is 2.25. The summed E-state index contributed by atoms with van der Waals surface area (Å²) in [5.74, 6) is 7.13. The maximum absolute atomic E-state index is 5.54. The molecule has 7 heteroatoms. The number of nitrogens with one attached hydrogen (secondary N) is 1. The third kappa shape index (κ3) is 3.23. The van der Waals surface area contributed by atoms with Gasteiger partial charge in [0.1, 0.15) is 18.0 Å². The first-order chi connectivity index (χ1) is 9.65. The van der Waals surface area contributed by atoms with Gasteiger partial charge in [0.05, 0.1) is 17.2 Å². The molecular weight excluding hydrogens is 272 g/mol. The fourth-order valence-corrected chi connectivity index (χ4v) is 2.74. The maximum Gasteiger partial charge on any atom is 0.148 e. The van der Waals surface area contributed by atoms with Crippen LogP contribution in [-0.4, -0.2) is 22.0 Å². The molecule has 6 nitrogen and oxygen atoms in total. The third-order valence-electron chi connectivity index (χ3n) is 2.99. The number of aryl methyl sites for hydroxylation is 1. The smallest absolute Gasteiger partial charge is 0.148 e. The van der Waals surface area contributed by atoms with Crippen LogP contribution in [0.15, 0.2) is 11.7 Å². The molecule has 0 bridgehead atoms. The van der Waals surface area contributed by atoms with E-state index in [2.05, 4.69) is 37.6 Å². The largest absolute Gasteiger partial charge is 0.353 e. The molecule has 0 fully saturated rings. The summed E-state index contributed by atoms with van der Waals surface area (Å²) >= 11 is 1.66. The number of hydrazine groups is 1. The standard InChI is InChI=1S/C13H20N6S/c1-4-5-11-12(18-14)15-8-16-13(11)19(3)6-10-7-20-9(2)17-10/h7-8H,4-6,14H2,1-3H3,(H,15,16,18). The number of nitrogens with two attached hydrogens (primary N) is 1. The summed E-state index contributed by atoms with van der Waals surface area (Å²) in [6.07, 6.45) is 3.43. The summed E-state index contributed by atoms with van der Waals surface area (Å²) in [5, 5.41) is 3.16. The summed E-state index contributed by atoms with van der Waals surface area (Å²) < 4.78 is 0. The van der Waals surface area contributed by atoms with Crippen molar-refractivity contribution < 1.29 is 0 Å². The van der Waals surface area contributed by atoms with Gasteiger partial charge in [-0.15, -0.1) is 11.3 Å². The molecular formula is C13H20N6S. The Labute approximate surface area is 123 Å². The van der Waals surface area contributed by atoms with Crippen molar-refractivity contribution in [2.45, 2.75) is 33.2 Å². The monoisotopic (exact) mass is 292 g/mol. The lowest BCUT2D eigenvalue weighted by Crippen LogP contribution is -2.22. The lowest BCUT2D eigenvalue weighted by atomic mass is 10.1. The van der Waals surface area contributed by atoms with Crippen LogP contribution < -0.4 is 16.2 Å². The molecule has 0 aromatic carbocycles. The number of nitrogens with zero attached hydrogens (tertiary/aromatic N) is 4. The second-order valence-electron chi connectivity index (χ2n) is 4.63. The van der Waals surface area contributed by atoms with Crippen LogP contribution in [0.5, 0.6) is 0 Å². The molecule has 108 valence electrons. The fourth-order valence-electron chi connectivity index (χ4n) is 2.14. The molecule has 0 atom stereocenters. The Hall–Kier alpha value is -1.73. The lowest BCUT2D eigenvalue weighted by Gasteiger charge is -2.21. The third-order valence-corrected chi connectivity index (χ3v) is 3.81. The van der Waals surface area contributed by atoms with E-state index < -0.39 is 0 Å². The average Bonchev–Trinajstić information content (AvgIpc) is 2.84. The minimum absolute atomic E-state index is 0.693. The predicted octanol–water partition coefficient (Wildman–Crippen LogP) is 2.12. The Balaban J connectivity index is 2.26. The summed E-state index contributed by atoms with van der Waals surface area (Å²) in [5.41, 5.74) is 4.75. The topological polar surface area (TPSA) is 80.0 Å². The molecule has 2 heterocycles. The number of hydrogen-bond acceptors (Lipinski definition) is 7. The van der Waals surface area contributed by atoms with Crippen LogP contribution in [0.3, 0.4) is 0 Å². The second kappa shape index (κ2) is 6.62. The summed E-state index contributed by atoms with van der Waals surface area (Å²) in [4.78, 5) is 15.2. The molecule has 20 heavy (non-hydrogen) atoms. The maximum atomic E-state index is 5.54. The van der Waals surface area contributed by atoms with E-state index in [0.717, 1.165) is 41.5 Å². The van der Waals surface area contributed by atoms with Gasteiger partial charge in [0.15, 0.2) is 0 Å². The molecule has 3 N–H and O–H groups in total. The average molecular weight is 292 g/mol. The van der Waals surface area contributed by atoms with E-state index in [4.69, 9.17) is 5.84 Å². The Morgan fingerprint density at radius 1 is 1.40 bits per heavy atom. The van der Waals surface area contributed by atoms with E-state index in [1.165, 1.54) is 6.33 Å². The van der Waals surface area contributed by atoms with Crippen LogP contribution in [-0.2, 0) is 13.0 Å². The highest BCUT2D eigenvalue weighted by molar-refractivity contribution is 7.09. The van der Waals surface area contributed by atoms with Crippen LogP contribution in [0.1, 0.15) is 29.6 Å². The van der Waals surface area contributed by atoms with Crippen molar-refractivity contribution in [1.29, 1.82) is 0 Å². The predicted molar refractivity (Wildman–Crippen MR) is 82.8 cm³/mol. The van der Waals surface area contributed by atoms with Crippen LogP contribution in [0.25, 0.3) is 0 Å². The molecule has 0 unspecified atom stereocenters.